The highest BCUT2D eigenvalue weighted by atomic mass is 32.2. The van der Waals surface area contributed by atoms with E-state index in [4.69, 9.17) is 0 Å². The Morgan fingerprint density at radius 1 is 1.18 bits per heavy atom. The van der Waals surface area contributed by atoms with Gasteiger partial charge in [0.15, 0.2) is 0 Å². The molecule has 1 aromatic rings. The summed E-state index contributed by atoms with van der Waals surface area (Å²) in [5.74, 6) is 0.0915. The van der Waals surface area contributed by atoms with E-state index in [1.54, 1.807) is 4.90 Å². The van der Waals surface area contributed by atoms with Crippen molar-refractivity contribution in [2.24, 2.45) is 5.92 Å². The third-order valence-corrected chi connectivity index (χ3v) is 7.82. The van der Waals surface area contributed by atoms with Crippen LogP contribution >= 0.6 is 11.8 Å². The Labute approximate surface area is 200 Å². The molecule has 2 amide bonds. The number of benzene rings is 1. The first-order valence-corrected chi connectivity index (χ1v) is 12.9. The molecule has 2 heterocycles. The zero-order chi connectivity index (χ0) is 23.2. The number of amides is 2. The SMILES string of the molecule is CCN1C(=O)C(CNc2ccc(CCN3CCCC3)cc2)S/C1=C(/C#N)C(=O)NCC1CC1. The van der Waals surface area contributed by atoms with Crippen LogP contribution in [0.5, 0.6) is 0 Å². The fraction of sp³-hybridized carbons (Fsp3) is 0.560. The van der Waals surface area contributed by atoms with Crippen LogP contribution in [0.2, 0.25) is 0 Å². The molecule has 1 atom stereocenters. The molecule has 176 valence electrons. The van der Waals surface area contributed by atoms with Crippen LogP contribution in [0.1, 0.15) is 38.2 Å². The van der Waals surface area contributed by atoms with Gasteiger partial charge in [-0.1, -0.05) is 23.9 Å². The van der Waals surface area contributed by atoms with Gasteiger partial charge in [-0.05, 0) is 75.7 Å². The van der Waals surface area contributed by atoms with E-state index in [1.165, 1.54) is 43.3 Å². The molecule has 3 aliphatic rings. The van der Waals surface area contributed by atoms with E-state index in [0.29, 0.717) is 30.6 Å². The summed E-state index contributed by atoms with van der Waals surface area (Å²) in [5, 5.41) is 15.9. The van der Waals surface area contributed by atoms with Gasteiger partial charge in [-0.15, -0.1) is 0 Å². The summed E-state index contributed by atoms with van der Waals surface area (Å²) in [7, 11) is 0. The molecule has 4 rings (SSSR count). The third kappa shape index (κ3) is 6.10. The molecule has 7 nitrogen and oxygen atoms in total. The molecule has 1 aromatic carbocycles. The number of anilines is 1. The monoisotopic (exact) mass is 467 g/mol. The molecule has 0 aromatic heterocycles. The molecular weight excluding hydrogens is 434 g/mol. The zero-order valence-corrected chi connectivity index (χ0v) is 20.1. The molecular formula is C25H33N5O2S. The Hall–Kier alpha value is -2.50. The predicted octanol–water partition coefficient (Wildman–Crippen LogP) is 2.96. The van der Waals surface area contributed by atoms with Crippen LogP contribution < -0.4 is 10.6 Å². The van der Waals surface area contributed by atoms with Gasteiger partial charge in [-0.2, -0.15) is 5.26 Å². The standard InChI is InChI=1S/C25H33N5O2S/c1-2-30-24(32)22(33-25(30)21(15-26)23(31)28-16-19-5-6-19)17-27-20-9-7-18(8-10-20)11-14-29-12-3-4-13-29/h7-10,19,22,27H,2-6,11-14,16-17H2,1H3,(H,28,31)/b25-21-. The second-order valence-corrected chi connectivity index (χ2v) is 10.2. The lowest BCUT2D eigenvalue weighted by Gasteiger charge is -2.16. The second-order valence-electron chi connectivity index (χ2n) is 9.01. The van der Waals surface area contributed by atoms with Gasteiger partial charge in [-0.25, -0.2) is 0 Å². The summed E-state index contributed by atoms with van der Waals surface area (Å²) in [4.78, 5) is 29.6. The second kappa shape index (κ2) is 11.1. The first-order chi connectivity index (χ1) is 16.1. The van der Waals surface area contributed by atoms with Gasteiger partial charge in [-0.3, -0.25) is 9.59 Å². The van der Waals surface area contributed by atoms with Gasteiger partial charge < -0.3 is 20.4 Å². The average Bonchev–Trinajstić information content (AvgIpc) is 3.41. The Balaban J connectivity index is 1.33. The lowest BCUT2D eigenvalue weighted by molar-refractivity contribution is -0.127. The van der Waals surface area contributed by atoms with Crippen LogP contribution in [0, 0.1) is 17.2 Å². The molecule has 8 heteroatoms. The van der Waals surface area contributed by atoms with E-state index < -0.39 is 0 Å². The smallest absolute Gasteiger partial charge is 0.264 e. The third-order valence-electron chi connectivity index (χ3n) is 6.52. The Morgan fingerprint density at radius 2 is 1.91 bits per heavy atom. The summed E-state index contributed by atoms with van der Waals surface area (Å²) < 4.78 is 0. The van der Waals surface area contributed by atoms with Crippen molar-refractivity contribution in [1.82, 2.24) is 15.1 Å². The highest BCUT2D eigenvalue weighted by Gasteiger charge is 2.39. The number of likely N-dealkylation sites (tertiary alicyclic amines) is 1. The van der Waals surface area contributed by atoms with Gasteiger partial charge >= 0.3 is 0 Å². The molecule has 2 N–H and O–H groups in total. The lowest BCUT2D eigenvalue weighted by atomic mass is 10.1. The average molecular weight is 468 g/mol. The molecule has 2 saturated heterocycles. The van der Waals surface area contributed by atoms with E-state index in [-0.39, 0.29) is 22.6 Å². The summed E-state index contributed by atoms with van der Waals surface area (Å²) in [6, 6.07) is 10.4. The maximum atomic E-state index is 12.9. The predicted molar refractivity (Wildman–Crippen MR) is 131 cm³/mol. The van der Waals surface area contributed by atoms with Crippen LogP contribution in [0.25, 0.3) is 0 Å². The quantitative estimate of drug-likeness (QED) is 0.406. The van der Waals surface area contributed by atoms with Crippen LogP contribution in [0.15, 0.2) is 34.9 Å². The zero-order valence-electron chi connectivity index (χ0n) is 19.3. The topological polar surface area (TPSA) is 88.5 Å². The Kier molecular flexibility index (Phi) is 7.94. The first kappa shape index (κ1) is 23.7. The van der Waals surface area contributed by atoms with E-state index in [2.05, 4.69) is 39.8 Å². The van der Waals surface area contributed by atoms with Crippen molar-refractivity contribution in [2.75, 3.05) is 44.6 Å². The van der Waals surface area contributed by atoms with E-state index >= 15 is 0 Å². The number of nitriles is 1. The molecule has 33 heavy (non-hydrogen) atoms. The lowest BCUT2D eigenvalue weighted by Crippen LogP contribution is -2.33. The van der Waals surface area contributed by atoms with Gasteiger partial charge in [0, 0.05) is 31.9 Å². The van der Waals surface area contributed by atoms with Gasteiger partial charge in [0.05, 0.1) is 0 Å². The van der Waals surface area contributed by atoms with Gasteiger partial charge in [0.25, 0.3) is 5.91 Å². The maximum Gasteiger partial charge on any atom is 0.264 e. The molecule has 0 bridgehead atoms. The fourth-order valence-corrected chi connectivity index (χ4v) is 5.55. The number of hydrogen-bond donors (Lipinski definition) is 2. The molecule has 1 saturated carbocycles. The summed E-state index contributed by atoms with van der Waals surface area (Å²) >= 11 is 1.31. The minimum absolute atomic E-state index is 0.0423. The normalized spacial score (nSPS) is 22.4. The highest BCUT2D eigenvalue weighted by molar-refractivity contribution is 8.04. The number of nitrogens with zero attached hydrogens (tertiary/aromatic N) is 3. The minimum atomic E-state index is -0.378. The number of carbonyl (C=O) groups is 2. The number of nitrogens with one attached hydrogen (secondary N) is 2. The molecule has 2 aliphatic heterocycles. The highest BCUT2D eigenvalue weighted by Crippen LogP contribution is 2.37. The van der Waals surface area contributed by atoms with Crippen LogP contribution in [-0.2, 0) is 16.0 Å². The first-order valence-electron chi connectivity index (χ1n) is 12.0. The van der Waals surface area contributed by atoms with Crippen molar-refractivity contribution < 1.29 is 9.59 Å². The molecule has 1 aliphatic carbocycles. The van der Waals surface area contributed by atoms with Crippen LogP contribution in [0.3, 0.4) is 0 Å². The van der Waals surface area contributed by atoms with E-state index in [9.17, 15) is 14.9 Å². The van der Waals surface area contributed by atoms with Gasteiger partial charge in [0.1, 0.15) is 21.9 Å². The van der Waals surface area contributed by atoms with Crippen molar-refractivity contribution in [3.05, 3.63) is 40.4 Å². The van der Waals surface area contributed by atoms with Crippen molar-refractivity contribution in [2.45, 2.75) is 44.3 Å². The number of carbonyl (C=O) groups excluding carboxylic acids is 2. The van der Waals surface area contributed by atoms with Crippen molar-refractivity contribution in [1.29, 1.82) is 5.26 Å². The van der Waals surface area contributed by atoms with Crippen LogP contribution in [-0.4, -0.2) is 66.1 Å². The van der Waals surface area contributed by atoms with E-state index in [0.717, 1.165) is 31.5 Å². The minimum Gasteiger partial charge on any atom is -0.383 e. The summed E-state index contributed by atoms with van der Waals surface area (Å²) in [5.41, 5.74) is 2.33. The maximum absolute atomic E-state index is 12.9. The largest absolute Gasteiger partial charge is 0.383 e. The van der Waals surface area contributed by atoms with Crippen LogP contribution in [0.4, 0.5) is 5.69 Å². The number of hydrogen-bond acceptors (Lipinski definition) is 6. The molecule has 0 spiro atoms. The molecule has 3 fully saturated rings. The summed E-state index contributed by atoms with van der Waals surface area (Å²) in [6.07, 6.45) is 5.93. The van der Waals surface area contributed by atoms with E-state index in [1.807, 2.05) is 13.0 Å². The van der Waals surface area contributed by atoms with Gasteiger partial charge in [0.2, 0.25) is 5.91 Å². The Morgan fingerprint density at radius 3 is 2.55 bits per heavy atom. The van der Waals surface area contributed by atoms with Crippen molar-refractivity contribution in [3.8, 4) is 6.07 Å². The number of thioether (sulfide) groups is 1. The molecule has 0 radical (unpaired) electrons. The summed E-state index contributed by atoms with van der Waals surface area (Å²) in [6.45, 7) is 6.88. The fourth-order valence-electron chi connectivity index (χ4n) is 4.28. The Bertz CT molecular complexity index is 929. The molecule has 1 unspecified atom stereocenters. The van der Waals surface area contributed by atoms with Crippen molar-refractivity contribution in [3.63, 3.8) is 0 Å². The number of rotatable bonds is 10. The van der Waals surface area contributed by atoms with Crippen molar-refractivity contribution >= 4 is 29.3 Å².